The molecule has 0 saturated heterocycles. The Hall–Kier alpha value is -2.35. The van der Waals surface area contributed by atoms with Crippen LogP contribution in [0, 0.1) is 0 Å². The van der Waals surface area contributed by atoms with E-state index in [0.717, 1.165) is 26.3 Å². The van der Waals surface area contributed by atoms with Gasteiger partial charge in [-0.1, -0.05) is 18.2 Å². The lowest BCUT2D eigenvalue weighted by Gasteiger charge is -2.26. The largest absolute Gasteiger partial charge is 0.705 e. The fourth-order valence-corrected chi connectivity index (χ4v) is 4.39. The van der Waals surface area contributed by atoms with E-state index in [1.54, 1.807) is 6.07 Å². The number of hydrogen-bond donors (Lipinski definition) is 0. The van der Waals surface area contributed by atoms with E-state index in [-0.39, 0.29) is 6.04 Å². The summed E-state index contributed by atoms with van der Waals surface area (Å²) < 4.78 is 20.6. The minimum atomic E-state index is -3.81. The molecule has 0 bridgehead atoms. The van der Waals surface area contributed by atoms with Crippen LogP contribution in [0.1, 0.15) is 26.3 Å². The van der Waals surface area contributed by atoms with Gasteiger partial charge < -0.3 is 18.0 Å². The third-order valence-electron chi connectivity index (χ3n) is 2.79. The molecule has 0 N–H and O–H groups in total. The predicted octanol–water partition coefficient (Wildman–Crippen LogP) is 1.87. The first kappa shape index (κ1) is 18.7. The molecule has 8 heteroatoms. The van der Waals surface area contributed by atoms with Crippen molar-refractivity contribution in [3.05, 3.63) is 29.8 Å². The van der Waals surface area contributed by atoms with Gasteiger partial charge in [-0.3, -0.25) is 14.4 Å². The third-order valence-corrected chi connectivity index (χ3v) is 5.45. The number of methoxy groups -OCH3 is 1. The molecule has 0 aliphatic rings. The molecular formula is C15H20O7Si. The quantitative estimate of drug-likeness (QED) is 0.700. The minimum absolute atomic E-state index is 0.0755. The Kier molecular flexibility index (Phi) is 6.77. The van der Waals surface area contributed by atoms with Gasteiger partial charge in [-0.2, -0.15) is 0 Å². The smallest absolute Gasteiger partial charge is 0.496 e. The van der Waals surface area contributed by atoms with E-state index in [1.165, 1.54) is 7.11 Å². The van der Waals surface area contributed by atoms with E-state index in [9.17, 15) is 14.4 Å². The number of ether oxygens (including phenoxy) is 1. The van der Waals surface area contributed by atoms with E-state index in [4.69, 9.17) is 18.0 Å². The molecule has 0 heterocycles. The average Bonchev–Trinajstić information content (AvgIpc) is 2.43. The van der Waals surface area contributed by atoms with Gasteiger partial charge in [0.25, 0.3) is 17.9 Å². The van der Waals surface area contributed by atoms with Crippen LogP contribution in [-0.2, 0) is 34.1 Å². The number of carbonyl (C=O) groups excluding carboxylic acids is 3. The highest BCUT2D eigenvalue weighted by molar-refractivity contribution is 6.65. The Balaban J connectivity index is 3.04. The monoisotopic (exact) mass is 340 g/mol. The van der Waals surface area contributed by atoms with Crippen molar-refractivity contribution < 1.29 is 32.4 Å². The summed E-state index contributed by atoms with van der Waals surface area (Å²) in [4.78, 5) is 34.1. The second-order valence-corrected chi connectivity index (χ2v) is 7.25. The van der Waals surface area contributed by atoms with Crippen LogP contribution in [0.4, 0.5) is 0 Å². The van der Waals surface area contributed by atoms with Gasteiger partial charge in [0.1, 0.15) is 5.75 Å². The Morgan fingerprint density at radius 1 is 0.913 bits per heavy atom. The first-order valence-corrected chi connectivity index (χ1v) is 8.92. The second-order valence-electron chi connectivity index (χ2n) is 4.78. The molecule has 0 amide bonds. The third kappa shape index (κ3) is 6.11. The Labute approximate surface area is 135 Å². The maximum Gasteiger partial charge on any atom is 0.705 e. The lowest BCUT2D eigenvalue weighted by Crippen LogP contribution is -2.49. The average molecular weight is 340 g/mol. The zero-order valence-corrected chi connectivity index (χ0v) is 14.6. The summed E-state index contributed by atoms with van der Waals surface area (Å²) in [6, 6.07) is 7.32. The molecule has 0 aliphatic carbocycles. The number of carbonyl (C=O) groups is 3. The highest BCUT2D eigenvalue weighted by Gasteiger charge is 2.51. The van der Waals surface area contributed by atoms with Crippen LogP contribution in [0.2, 0.25) is 6.04 Å². The van der Waals surface area contributed by atoms with Crippen LogP contribution in [-0.4, -0.2) is 33.8 Å². The molecule has 1 rings (SSSR count). The SMILES string of the molecule is COc1ccccc1CC[Si](OC(C)=O)(OC(C)=O)OC(C)=O. The summed E-state index contributed by atoms with van der Waals surface area (Å²) >= 11 is 0. The normalized spacial score (nSPS) is 10.6. The van der Waals surface area contributed by atoms with Crippen molar-refractivity contribution in [2.24, 2.45) is 0 Å². The van der Waals surface area contributed by atoms with Gasteiger partial charge in [0.2, 0.25) is 0 Å². The van der Waals surface area contributed by atoms with E-state index in [0.29, 0.717) is 12.2 Å². The predicted molar refractivity (Wildman–Crippen MR) is 82.6 cm³/mol. The first-order valence-electron chi connectivity index (χ1n) is 6.98. The van der Waals surface area contributed by atoms with Crippen molar-refractivity contribution in [3.8, 4) is 5.75 Å². The van der Waals surface area contributed by atoms with Gasteiger partial charge in [-0.25, -0.2) is 0 Å². The topological polar surface area (TPSA) is 88.1 Å². The van der Waals surface area contributed by atoms with Crippen molar-refractivity contribution in [1.82, 2.24) is 0 Å². The summed E-state index contributed by atoms with van der Waals surface area (Å²) in [6.07, 6.45) is 0.351. The van der Waals surface area contributed by atoms with E-state index >= 15 is 0 Å². The maximum absolute atomic E-state index is 11.4. The number of rotatable bonds is 7. The van der Waals surface area contributed by atoms with Crippen molar-refractivity contribution in [3.63, 3.8) is 0 Å². The van der Waals surface area contributed by atoms with Gasteiger partial charge >= 0.3 is 8.80 Å². The molecule has 1 aromatic rings. The van der Waals surface area contributed by atoms with Gasteiger partial charge in [-0.15, -0.1) is 0 Å². The summed E-state index contributed by atoms with van der Waals surface area (Å²) in [5.41, 5.74) is 0.818. The molecule has 23 heavy (non-hydrogen) atoms. The lowest BCUT2D eigenvalue weighted by molar-refractivity contribution is -0.147. The van der Waals surface area contributed by atoms with Crippen LogP contribution in [0.25, 0.3) is 0 Å². The molecule has 0 radical (unpaired) electrons. The molecule has 126 valence electrons. The highest BCUT2D eigenvalue weighted by Crippen LogP contribution is 2.25. The molecule has 0 saturated carbocycles. The van der Waals surface area contributed by atoms with Crippen molar-refractivity contribution in [2.75, 3.05) is 7.11 Å². The van der Waals surface area contributed by atoms with Crippen LogP contribution >= 0.6 is 0 Å². The van der Waals surface area contributed by atoms with Gasteiger partial charge in [-0.05, 0) is 18.1 Å². The minimum Gasteiger partial charge on any atom is -0.496 e. The molecule has 7 nitrogen and oxygen atoms in total. The van der Waals surface area contributed by atoms with Gasteiger partial charge in [0.05, 0.1) is 13.2 Å². The van der Waals surface area contributed by atoms with E-state index in [2.05, 4.69) is 0 Å². The molecular weight excluding hydrogens is 320 g/mol. The number of hydrogen-bond acceptors (Lipinski definition) is 7. The molecule has 0 unspecified atom stereocenters. The summed E-state index contributed by atoms with van der Waals surface area (Å²) in [5.74, 6) is -1.40. The number of benzene rings is 1. The second kappa shape index (κ2) is 8.32. The van der Waals surface area contributed by atoms with Crippen molar-refractivity contribution in [1.29, 1.82) is 0 Å². The molecule has 0 spiro atoms. The van der Waals surface area contributed by atoms with Crippen LogP contribution in [0.3, 0.4) is 0 Å². The molecule has 0 aromatic heterocycles. The van der Waals surface area contributed by atoms with Crippen LogP contribution < -0.4 is 4.74 Å². The Morgan fingerprint density at radius 3 is 1.83 bits per heavy atom. The van der Waals surface area contributed by atoms with Crippen LogP contribution in [0.15, 0.2) is 24.3 Å². The highest BCUT2D eigenvalue weighted by atomic mass is 28.4. The standard InChI is InChI=1S/C15H20O7Si/c1-11(16)20-23(21-12(2)17,22-13(3)18)10-9-14-7-5-6-8-15(14)19-4/h5-8H,9-10H2,1-4H3. The lowest BCUT2D eigenvalue weighted by atomic mass is 10.1. The fourth-order valence-electron chi connectivity index (χ4n) is 2.07. The Morgan fingerprint density at radius 2 is 1.39 bits per heavy atom. The number of aryl methyl sites for hydroxylation is 1. The summed E-state index contributed by atoms with van der Waals surface area (Å²) in [6.45, 7) is 3.49. The van der Waals surface area contributed by atoms with Crippen molar-refractivity contribution in [2.45, 2.75) is 33.2 Å². The summed E-state index contributed by atoms with van der Waals surface area (Å²) in [5, 5.41) is 0. The summed E-state index contributed by atoms with van der Waals surface area (Å²) in [7, 11) is -2.27. The maximum atomic E-state index is 11.4. The molecule has 0 aliphatic heterocycles. The van der Waals surface area contributed by atoms with Crippen molar-refractivity contribution >= 4 is 26.7 Å². The van der Waals surface area contributed by atoms with Gasteiger partial charge in [0, 0.05) is 20.8 Å². The molecule has 1 aromatic carbocycles. The first-order chi connectivity index (χ1) is 10.8. The molecule has 0 atom stereocenters. The number of para-hydroxylation sites is 1. The fraction of sp³-hybridized carbons (Fsp3) is 0.400. The zero-order chi connectivity index (χ0) is 17.5. The van der Waals surface area contributed by atoms with E-state index < -0.39 is 26.7 Å². The van der Waals surface area contributed by atoms with Gasteiger partial charge in [0.15, 0.2) is 0 Å². The van der Waals surface area contributed by atoms with E-state index in [1.807, 2.05) is 18.2 Å². The van der Waals surface area contributed by atoms with Crippen LogP contribution in [0.5, 0.6) is 5.75 Å². The zero-order valence-electron chi connectivity index (χ0n) is 13.6. The molecule has 0 fully saturated rings. The Bertz CT molecular complexity index is 544.